The van der Waals surface area contributed by atoms with E-state index < -0.39 is 0 Å². The smallest absolute Gasteiger partial charge is 0.261 e. The van der Waals surface area contributed by atoms with Gasteiger partial charge < -0.3 is 0 Å². The van der Waals surface area contributed by atoms with Gasteiger partial charge in [-0.2, -0.15) is 0 Å². The predicted octanol–water partition coefficient (Wildman–Crippen LogP) is 4.99. The highest BCUT2D eigenvalue weighted by Gasteiger charge is 2.34. The third-order valence-corrected chi connectivity index (χ3v) is 7.04. The Morgan fingerprint density at radius 1 is 0.441 bits per heavy atom. The second-order valence-corrected chi connectivity index (χ2v) is 8.48. The third kappa shape index (κ3) is 2.10. The highest BCUT2D eigenvalue weighted by atomic mass is 16.2. The van der Waals surface area contributed by atoms with Gasteiger partial charge in [0.2, 0.25) is 0 Å². The Labute approximate surface area is 194 Å². The zero-order chi connectivity index (χ0) is 24.0. The molecule has 6 nitrogen and oxygen atoms in total. The van der Waals surface area contributed by atoms with Gasteiger partial charge in [-0.15, -0.1) is 13.2 Å². The monoisotopic (exact) mass is 446 g/mol. The first kappa shape index (κ1) is 20.1. The largest absolute Gasteiger partial charge is 0.277 e. The van der Waals surface area contributed by atoms with E-state index in [4.69, 9.17) is 0 Å². The topological polar surface area (TPSA) is 74.8 Å². The summed E-state index contributed by atoms with van der Waals surface area (Å²) >= 11 is 0. The van der Waals surface area contributed by atoms with Crippen LogP contribution in [-0.2, 0) is 0 Å². The second kappa shape index (κ2) is 6.48. The van der Waals surface area contributed by atoms with E-state index in [-0.39, 0.29) is 23.6 Å². The van der Waals surface area contributed by atoms with Gasteiger partial charge in [0.05, 0.1) is 0 Å². The van der Waals surface area contributed by atoms with E-state index in [9.17, 15) is 19.2 Å². The number of hydrogen-bond acceptors (Lipinski definition) is 4. The third-order valence-electron chi connectivity index (χ3n) is 7.04. The Hall–Kier alpha value is -4.58. The van der Waals surface area contributed by atoms with E-state index in [0.29, 0.717) is 33.0 Å². The van der Waals surface area contributed by atoms with Crippen LogP contribution in [0.2, 0.25) is 0 Å². The summed E-state index contributed by atoms with van der Waals surface area (Å²) in [5, 5.41) is 6.60. The molecule has 0 fully saturated rings. The van der Waals surface area contributed by atoms with E-state index in [0.717, 1.165) is 42.1 Å². The average molecular weight is 446 g/mol. The molecule has 2 aliphatic rings. The lowest BCUT2D eigenvalue weighted by atomic mass is 9.82. The molecule has 5 aromatic rings. The average Bonchev–Trinajstić information content (AvgIpc) is 2.88. The number of amides is 4. The van der Waals surface area contributed by atoms with Crippen molar-refractivity contribution in [2.24, 2.45) is 0 Å². The minimum Gasteiger partial charge on any atom is -0.277 e. The molecular weight excluding hydrogens is 428 g/mol. The first-order chi connectivity index (χ1) is 16.4. The van der Waals surface area contributed by atoms with Gasteiger partial charge in [-0.05, 0) is 56.6 Å². The van der Waals surface area contributed by atoms with Gasteiger partial charge in [-0.25, -0.2) is 0 Å². The molecule has 0 saturated carbocycles. The molecule has 0 aromatic heterocycles. The van der Waals surface area contributed by atoms with E-state index in [1.165, 1.54) is 14.1 Å². The molecule has 0 aliphatic carbocycles. The maximum absolute atomic E-state index is 12.8. The number of carbonyl (C=O) groups excluding carboxylic acids is 4. The van der Waals surface area contributed by atoms with Gasteiger partial charge >= 0.3 is 0 Å². The van der Waals surface area contributed by atoms with Crippen LogP contribution in [0.15, 0.2) is 61.7 Å². The minimum absolute atomic E-state index is 0.318. The summed E-state index contributed by atoms with van der Waals surface area (Å²) in [6.07, 6.45) is 0. The van der Waals surface area contributed by atoms with E-state index in [1.807, 2.05) is 24.3 Å². The van der Waals surface area contributed by atoms with Crippen molar-refractivity contribution in [1.29, 1.82) is 0 Å². The maximum Gasteiger partial charge on any atom is 0.261 e. The van der Waals surface area contributed by atoms with Crippen molar-refractivity contribution in [1.82, 2.24) is 9.80 Å². The lowest BCUT2D eigenvalue weighted by molar-refractivity contribution is 0.0635. The summed E-state index contributed by atoms with van der Waals surface area (Å²) in [4.78, 5) is 53.7. The number of hydrogen-bond donors (Lipinski definition) is 0. The van der Waals surface area contributed by atoms with Crippen molar-refractivity contribution < 1.29 is 19.2 Å². The Morgan fingerprint density at radius 2 is 0.676 bits per heavy atom. The molecule has 34 heavy (non-hydrogen) atoms. The Balaban J connectivity index is 0.00000106. The van der Waals surface area contributed by atoms with Gasteiger partial charge in [-0.3, -0.25) is 29.0 Å². The quantitative estimate of drug-likeness (QED) is 0.145. The van der Waals surface area contributed by atoms with Crippen LogP contribution >= 0.6 is 0 Å². The van der Waals surface area contributed by atoms with E-state index in [2.05, 4.69) is 13.2 Å². The first-order valence-electron chi connectivity index (χ1n) is 10.7. The molecule has 0 N–H and O–H groups in total. The summed E-state index contributed by atoms with van der Waals surface area (Å²) < 4.78 is 0. The maximum atomic E-state index is 12.8. The van der Waals surface area contributed by atoms with Crippen LogP contribution in [-0.4, -0.2) is 47.5 Å². The number of nitrogens with zero attached hydrogens (tertiary/aromatic N) is 2. The molecule has 2 heterocycles. The van der Waals surface area contributed by atoms with Crippen molar-refractivity contribution in [3.05, 3.63) is 83.9 Å². The van der Waals surface area contributed by atoms with Crippen LogP contribution in [0.5, 0.6) is 0 Å². The number of benzene rings is 5. The highest BCUT2D eigenvalue weighted by Crippen LogP contribution is 2.45. The molecule has 4 amide bonds. The number of rotatable bonds is 0. The summed E-state index contributed by atoms with van der Waals surface area (Å²) in [5.74, 6) is -1.27. The van der Waals surface area contributed by atoms with Crippen molar-refractivity contribution in [2.75, 3.05) is 14.1 Å². The lowest BCUT2D eigenvalue weighted by Crippen LogP contribution is -2.37. The number of fused-ring (bicyclic) bond motifs is 2. The SMILES string of the molecule is C=C.CN1C(=O)c2ccc3c4ccc5c6c(ccc(c7ccc(c2c37)C1=O)c64)C(=O)N(C)C5=O. The molecule has 0 atom stereocenters. The zero-order valence-electron chi connectivity index (χ0n) is 18.6. The minimum atomic E-state index is -0.318. The fourth-order valence-electron chi connectivity index (χ4n) is 5.51. The van der Waals surface area contributed by atoms with Crippen LogP contribution in [0.25, 0.3) is 43.1 Å². The van der Waals surface area contributed by atoms with Gasteiger partial charge in [0.25, 0.3) is 23.6 Å². The molecule has 0 radical (unpaired) electrons. The molecular formula is C28H18N2O4. The second-order valence-electron chi connectivity index (χ2n) is 8.48. The Morgan fingerprint density at radius 3 is 0.912 bits per heavy atom. The molecule has 5 aromatic carbocycles. The summed E-state index contributed by atoms with van der Waals surface area (Å²) in [6, 6.07) is 14.7. The molecule has 0 unspecified atom stereocenters. The van der Waals surface area contributed by atoms with Gasteiger partial charge in [-0.1, -0.05) is 24.3 Å². The molecule has 7 rings (SSSR count). The Kier molecular flexibility index (Phi) is 3.82. The number of carbonyl (C=O) groups is 4. The zero-order valence-corrected chi connectivity index (χ0v) is 18.6. The fraction of sp³-hybridized carbons (Fsp3) is 0.0714. The van der Waals surface area contributed by atoms with Crippen molar-refractivity contribution in [3.8, 4) is 0 Å². The van der Waals surface area contributed by atoms with Crippen LogP contribution in [0.1, 0.15) is 41.4 Å². The predicted molar refractivity (Wildman–Crippen MR) is 132 cm³/mol. The normalized spacial score (nSPS) is 15.1. The molecule has 2 aliphatic heterocycles. The van der Waals surface area contributed by atoms with Gasteiger partial charge in [0.1, 0.15) is 0 Å². The van der Waals surface area contributed by atoms with Gasteiger partial charge in [0, 0.05) is 47.1 Å². The highest BCUT2D eigenvalue weighted by molar-refractivity contribution is 6.41. The van der Waals surface area contributed by atoms with E-state index in [1.54, 1.807) is 24.3 Å². The van der Waals surface area contributed by atoms with Crippen LogP contribution in [0.4, 0.5) is 0 Å². The van der Waals surface area contributed by atoms with Crippen LogP contribution < -0.4 is 0 Å². The van der Waals surface area contributed by atoms with Crippen LogP contribution in [0.3, 0.4) is 0 Å². The Bertz CT molecular complexity index is 1550. The van der Waals surface area contributed by atoms with Crippen LogP contribution in [0, 0.1) is 0 Å². The fourth-order valence-corrected chi connectivity index (χ4v) is 5.51. The van der Waals surface area contributed by atoms with Gasteiger partial charge in [0.15, 0.2) is 0 Å². The lowest BCUT2D eigenvalue weighted by Gasteiger charge is -2.27. The number of imide groups is 2. The van der Waals surface area contributed by atoms with Crippen molar-refractivity contribution in [2.45, 2.75) is 0 Å². The van der Waals surface area contributed by atoms with Crippen molar-refractivity contribution >= 4 is 66.7 Å². The molecule has 0 saturated heterocycles. The first-order valence-corrected chi connectivity index (χ1v) is 10.7. The van der Waals surface area contributed by atoms with Crippen molar-refractivity contribution in [3.63, 3.8) is 0 Å². The summed E-state index contributed by atoms with van der Waals surface area (Å²) in [5.41, 5.74) is 2.01. The van der Waals surface area contributed by atoms with E-state index >= 15 is 0 Å². The standard InChI is InChI=1S/C26H14N2O4.C2H4/c1-27-23(29)15-7-3-11-13-5-9-17-22-18(26(32)28(2)25(17)31)10-6-14(20(13)22)12-4-8-16(24(27)30)21(15)19(11)12;1-2/h3-10H,1-2H3;1-2H2. The molecule has 6 heteroatoms. The molecule has 164 valence electrons. The molecule has 0 spiro atoms. The molecule has 0 bridgehead atoms. The summed E-state index contributed by atoms with van der Waals surface area (Å²) in [7, 11) is 2.99. The summed E-state index contributed by atoms with van der Waals surface area (Å²) in [6.45, 7) is 6.00.